The molecular formula is C20H22N6S. The van der Waals surface area contributed by atoms with E-state index in [0.29, 0.717) is 0 Å². The smallest absolute Gasteiger partial charge is 0.141 e. The average molecular weight is 379 g/mol. The van der Waals surface area contributed by atoms with Crippen LogP contribution in [0.25, 0.3) is 32.2 Å². The van der Waals surface area contributed by atoms with Crippen molar-refractivity contribution in [3.8, 4) is 11.1 Å². The van der Waals surface area contributed by atoms with Gasteiger partial charge in [-0.15, -0.1) is 11.3 Å². The van der Waals surface area contributed by atoms with Crippen LogP contribution in [0.5, 0.6) is 0 Å². The molecule has 4 aromatic rings. The summed E-state index contributed by atoms with van der Waals surface area (Å²) < 4.78 is 1.93. The molecule has 1 aliphatic rings. The van der Waals surface area contributed by atoms with Gasteiger partial charge in [0.2, 0.25) is 0 Å². The zero-order chi connectivity index (χ0) is 18.4. The van der Waals surface area contributed by atoms with Crippen LogP contribution >= 0.6 is 11.3 Å². The number of benzene rings is 1. The molecule has 1 aliphatic heterocycles. The summed E-state index contributed by atoms with van der Waals surface area (Å²) in [6.45, 7) is 7.53. The summed E-state index contributed by atoms with van der Waals surface area (Å²) in [4.78, 5) is 15.2. The third-order valence-corrected chi connectivity index (χ3v) is 6.42. The van der Waals surface area contributed by atoms with Gasteiger partial charge in [0.25, 0.3) is 0 Å². The lowest BCUT2D eigenvalue weighted by molar-refractivity contribution is 0.271. The number of nitrogens with zero attached hydrogens (tertiary/aromatic N) is 6. The maximum absolute atomic E-state index is 4.70. The molecular weight excluding hydrogens is 356 g/mol. The van der Waals surface area contributed by atoms with E-state index in [9.17, 15) is 0 Å². The molecule has 3 aromatic heterocycles. The fourth-order valence-electron chi connectivity index (χ4n) is 3.90. The Hall–Kier alpha value is -2.51. The second-order valence-electron chi connectivity index (χ2n) is 6.99. The molecule has 0 radical (unpaired) electrons. The molecule has 5 rings (SSSR count). The lowest BCUT2D eigenvalue weighted by Gasteiger charge is -2.35. The number of fused-ring (bicyclic) bond motifs is 2. The first-order valence-electron chi connectivity index (χ1n) is 9.36. The standard InChI is InChI=1S/C20H22N6S/c1-3-25-6-8-26(9-7-25)19-18-16(12-27-20(18)22-13-21-19)14-4-5-15-11-23-24(2)17(15)10-14/h4-5,10-13H,3,6-9H2,1-2H3. The van der Waals surface area contributed by atoms with E-state index >= 15 is 0 Å². The quantitative estimate of drug-likeness (QED) is 0.547. The van der Waals surface area contributed by atoms with Crippen LogP contribution in [0, 0.1) is 0 Å². The maximum atomic E-state index is 4.70. The van der Waals surface area contributed by atoms with Crippen molar-refractivity contribution in [3.63, 3.8) is 0 Å². The molecule has 0 bridgehead atoms. The maximum Gasteiger partial charge on any atom is 0.141 e. The molecule has 0 amide bonds. The van der Waals surface area contributed by atoms with Gasteiger partial charge in [0.15, 0.2) is 0 Å². The van der Waals surface area contributed by atoms with Crippen molar-refractivity contribution in [2.75, 3.05) is 37.6 Å². The van der Waals surface area contributed by atoms with E-state index < -0.39 is 0 Å². The van der Waals surface area contributed by atoms with Gasteiger partial charge in [-0.25, -0.2) is 9.97 Å². The molecule has 6 nitrogen and oxygen atoms in total. The Balaban J connectivity index is 1.62. The number of anilines is 1. The lowest BCUT2D eigenvalue weighted by Crippen LogP contribution is -2.46. The molecule has 0 saturated carbocycles. The van der Waals surface area contributed by atoms with E-state index in [1.54, 1.807) is 17.7 Å². The number of hydrogen-bond donors (Lipinski definition) is 0. The van der Waals surface area contributed by atoms with Crippen molar-refractivity contribution in [2.24, 2.45) is 7.05 Å². The van der Waals surface area contributed by atoms with Crippen LogP contribution in [0.1, 0.15) is 6.92 Å². The molecule has 1 aromatic carbocycles. The molecule has 0 atom stereocenters. The Morgan fingerprint density at radius 2 is 1.96 bits per heavy atom. The van der Waals surface area contributed by atoms with Gasteiger partial charge in [-0.2, -0.15) is 5.10 Å². The number of piperazine rings is 1. The Morgan fingerprint density at radius 3 is 2.78 bits per heavy atom. The number of aryl methyl sites for hydroxylation is 1. The van der Waals surface area contributed by atoms with Gasteiger partial charge in [-0.05, 0) is 18.2 Å². The summed E-state index contributed by atoms with van der Waals surface area (Å²) in [5, 5.41) is 8.91. The van der Waals surface area contributed by atoms with Crippen molar-refractivity contribution in [3.05, 3.63) is 36.1 Å². The van der Waals surface area contributed by atoms with Gasteiger partial charge in [0.1, 0.15) is 17.0 Å². The van der Waals surface area contributed by atoms with Crippen LogP contribution < -0.4 is 4.90 Å². The minimum absolute atomic E-state index is 1.01. The highest BCUT2D eigenvalue weighted by molar-refractivity contribution is 7.17. The van der Waals surface area contributed by atoms with Gasteiger partial charge < -0.3 is 9.80 Å². The average Bonchev–Trinajstić information content (AvgIpc) is 3.31. The van der Waals surface area contributed by atoms with Crippen LogP contribution in [0.15, 0.2) is 36.1 Å². The van der Waals surface area contributed by atoms with E-state index in [4.69, 9.17) is 4.98 Å². The molecule has 0 spiro atoms. The summed E-state index contributed by atoms with van der Waals surface area (Å²) in [5.41, 5.74) is 3.55. The minimum Gasteiger partial charge on any atom is -0.353 e. The molecule has 1 saturated heterocycles. The largest absolute Gasteiger partial charge is 0.353 e. The van der Waals surface area contributed by atoms with Crippen molar-refractivity contribution >= 4 is 38.3 Å². The van der Waals surface area contributed by atoms with Crippen LogP contribution in [0.2, 0.25) is 0 Å². The molecule has 0 N–H and O–H groups in total. The fraction of sp³-hybridized carbons (Fsp3) is 0.350. The summed E-state index contributed by atoms with van der Waals surface area (Å²) in [6, 6.07) is 6.54. The van der Waals surface area contributed by atoms with Crippen molar-refractivity contribution in [2.45, 2.75) is 6.92 Å². The second-order valence-corrected chi connectivity index (χ2v) is 7.85. The van der Waals surface area contributed by atoms with Gasteiger partial charge in [0.05, 0.1) is 17.1 Å². The Bertz CT molecular complexity index is 1110. The molecule has 1 fully saturated rings. The van der Waals surface area contributed by atoms with E-state index in [1.165, 1.54) is 16.5 Å². The molecule has 138 valence electrons. The zero-order valence-electron chi connectivity index (χ0n) is 15.6. The van der Waals surface area contributed by atoms with E-state index in [0.717, 1.165) is 54.3 Å². The molecule has 7 heteroatoms. The first-order chi connectivity index (χ1) is 13.2. The molecule has 0 aliphatic carbocycles. The highest BCUT2D eigenvalue weighted by Gasteiger charge is 2.22. The number of hydrogen-bond acceptors (Lipinski definition) is 6. The Morgan fingerprint density at radius 1 is 1.11 bits per heavy atom. The van der Waals surface area contributed by atoms with Crippen molar-refractivity contribution in [1.29, 1.82) is 0 Å². The number of likely N-dealkylation sites (N-methyl/N-ethyl adjacent to an activating group) is 1. The highest BCUT2D eigenvalue weighted by atomic mass is 32.1. The summed E-state index contributed by atoms with van der Waals surface area (Å²) in [6.07, 6.45) is 3.61. The fourth-order valence-corrected chi connectivity index (χ4v) is 4.81. The number of aromatic nitrogens is 4. The van der Waals surface area contributed by atoms with E-state index in [2.05, 4.69) is 50.4 Å². The van der Waals surface area contributed by atoms with Gasteiger partial charge in [-0.3, -0.25) is 4.68 Å². The van der Waals surface area contributed by atoms with E-state index in [-0.39, 0.29) is 0 Å². The van der Waals surface area contributed by atoms with Crippen LogP contribution in [0.3, 0.4) is 0 Å². The normalized spacial score (nSPS) is 15.9. The SMILES string of the molecule is CCN1CCN(c2ncnc3scc(-c4ccc5cnn(C)c5c4)c23)CC1. The second kappa shape index (κ2) is 6.58. The minimum atomic E-state index is 1.01. The predicted molar refractivity (Wildman–Crippen MR) is 111 cm³/mol. The number of thiophene rings is 1. The Labute approximate surface area is 162 Å². The first kappa shape index (κ1) is 16.6. The lowest BCUT2D eigenvalue weighted by atomic mass is 10.0. The molecule has 27 heavy (non-hydrogen) atoms. The molecule has 4 heterocycles. The van der Waals surface area contributed by atoms with Gasteiger partial charge in [-0.1, -0.05) is 19.1 Å². The van der Waals surface area contributed by atoms with Crippen LogP contribution in [0.4, 0.5) is 5.82 Å². The van der Waals surface area contributed by atoms with E-state index in [1.807, 2.05) is 17.9 Å². The molecule has 0 unspecified atom stereocenters. The summed E-state index contributed by atoms with van der Waals surface area (Å²) in [7, 11) is 1.99. The Kier molecular flexibility index (Phi) is 4.06. The predicted octanol–water partition coefficient (Wildman–Crippen LogP) is 3.39. The van der Waals surface area contributed by atoms with Gasteiger partial charge in [0, 0.05) is 49.6 Å². The summed E-state index contributed by atoms with van der Waals surface area (Å²) >= 11 is 1.69. The zero-order valence-corrected chi connectivity index (χ0v) is 16.4. The summed E-state index contributed by atoms with van der Waals surface area (Å²) in [5.74, 6) is 1.07. The first-order valence-corrected chi connectivity index (χ1v) is 10.2. The van der Waals surface area contributed by atoms with Crippen molar-refractivity contribution in [1.82, 2.24) is 24.6 Å². The van der Waals surface area contributed by atoms with Crippen molar-refractivity contribution < 1.29 is 0 Å². The van der Waals surface area contributed by atoms with Gasteiger partial charge >= 0.3 is 0 Å². The highest BCUT2D eigenvalue weighted by Crippen LogP contribution is 2.38. The number of rotatable bonds is 3. The third kappa shape index (κ3) is 2.78. The monoisotopic (exact) mass is 378 g/mol. The topological polar surface area (TPSA) is 50.1 Å². The van der Waals surface area contributed by atoms with Crippen LogP contribution in [-0.4, -0.2) is 57.4 Å². The van der Waals surface area contributed by atoms with Crippen LogP contribution in [-0.2, 0) is 7.05 Å². The third-order valence-electron chi connectivity index (χ3n) is 5.53.